The van der Waals surface area contributed by atoms with Gasteiger partial charge in [-0.1, -0.05) is 71.2 Å². The van der Waals surface area contributed by atoms with E-state index in [1.165, 1.54) is 68.6 Å². The molecule has 1 atom stereocenters. The summed E-state index contributed by atoms with van der Waals surface area (Å²) in [5.41, 5.74) is 1.57. The molecule has 9 nitrogen and oxygen atoms in total. The second-order valence-electron chi connectivity index (χ2n) is 10.1. The van der Waals surface area contributed by atoms with Crippen LogP contribution in [0.3, 0.4) is 0 Å². The number of likely N-dealkylation sites (N-methyl/N-ethyl adjacent to an activating group) is 1. The fourth-order valence-electron chi connectivity index (χ4n) is 4.80. The van der Waals surface area contributed by atoms with E-state index in [9.17, 15) is 18.0 Å². The van der Waals surface area contributed by atoms with Crippen LogP contribution in [0.2, 0.25) is 15.1 Å². The fraction of sp³-hybridized carbons (Fsp3) is 0.212. The van der Waals surface area contributed by atoms with Gasteiger partial charge in [-0.15, -0.1) is 0 Å². The molecule has 0 aliphatic carbocycles. The minimum atomic E-state index is -4.38. The van der Waals surface area contributed by atoms with Crippen LogP contribution in [-0.4, -0.2) is 59.0 Å². The summed E-state index contributed by atoms with van der Waals surface area (Å²) in [7, 11) is -0.0786. The standard InChI is InChI=1S/C33H32Cl3N3O6S/c1-37-33(41)29(18-22-7-5-4-6-8-22)38(20-23-9-15-27(35)28(36)17-23)32(40)21-39(25-12-10-24(34)11-13-25)46(42,43)26-14-16-30(44-2)31(19-26)45-3/h4-17,19,29H,18,20-21H2,1-3H3,(H,37,41). The first-order valence-corrected chi connectivity index (χ1v) is 16.5. The van der Waals surface area contributed by atoms with Crippen LogP contribution >= 0.6 is 34.8 Å². The molecular weight excluding hydrogens is 673 g/mol. The highest BCUT2D eigenvalue weighted by atomic mass is 35.5. The van der Waals surface area contributed by atoms with Crippen molar-refractivity contribution in [3.05, 3.63) is 117 Å². The molecule has 0 spiro atoms. The molecule has 0 aromatic heterocycles. The van der Waals surface area contributed by atoms with E-state index in [2.05, 4.69) is 5.32 Å². The van der Waals surface area contributed by atoms with E-state index >= 15 is 0 Å². The third-order valence-electron chi connectivity index (χ3n) is 7.19. The molecule has 0 bridgehead atoms. The molecular formula is C33H32Cl3N3O6S. The lowest BCUT2D eigenvalue weighted by Gasteiger charge is -2.33. The topological polar surface area (TPSA) is 105 Å². The average molecular weight is 705 g/mol. The summed E-state index contributed by atoms with van der Waals surface area (Å²) in [5, 5.41) is 3.62. The lowest BCUT2D eigenvalue weighted by molar-refractivity contribution is -0.139. The Morgan fingerprint density at radius 3 is 2.09 bits per heavy atom. The molecule has 1 unspecified atom stereocenters. The van der Waals surface area contributed by atoms with E-state index in [0.29, 0.717) is 21.4 Å². The largest absolute Gasteiger partial charge is 0.493 e. The predicted octanol–water partition coefficient (Wildman–Crippen LogP) is 6.25. The van der Waals surface area contributed by atoms with Crippen LogP contribution in [0.5, 0.6) is 11.5 Å². The summed E-state index contributed by atoms with van der Waals surface area (Å²) in [6.07, 6.45) is 0.164. The van der Waals surface area contributed by atoms with Crippen LogP contribution in [0, 0.1) is 0 Å². The van der Waals surface area contributed by atoms with Gasteiger partial charge in [0.05, 0.1) is 34.8 Å². The molecule has 2 amide bonds. The number of sulfonamides is 1. The number of carbonyl (C=O) groups excluding carboxylic acids is 2. The number of amides is 2. The third-order valence-corrected chi connectivity index (χ3v) is 9.95. The van der Waals surface area contributed by atoms with Gasteiger partial charge in [-0.3, -0.25) is 13.9 Å². The summed E-state index contributed by atoms with van der Waals surface area (Å²) < 4.78 is 40.1. The number of methoxy groups -OCH3 is 2. The van der Waals surface area contributed by atoms with E-state index in [1.807, 2.05) is 30.3 Å². The maximum atomic E-state index is 14.4. The van der Waals surface area contributed by atoms with Crippen molar-refractivity contribution < 1.29 is 27.5 Å². The number of rotatable bonds is 13. The average Bonchev–Trinajstić information content (AvgIpc) is 3.06. The molecule has 4 rings (SSSR count). The van der Waals surface area contributed by atoms with E-state index in [-0.39, 0.29) is 34.3 Å². The van der Waals surface area contributed by atoms with E-state index in [0.717, 1.165) is 9.87 Å². The molecule has 0 fully saturated rings. The lowest BCUT2D eigenvalue weighted by atomic mass is 10.0. The molecule has 0 aliphatic rings. The van der Waals surface area contributed by atoms with Gasteiger partial charge in [0.25, 0.3) is 10.0 Å². The number of hydrogen-bond donors (Lipinski definition) is 1. The van der Waals surface area contributed by atoms with Crippen LogP contribution in [0.1, 0.15) is 11.1 Å². The van der Waals surface area contributed by atoms with Gasteiger partial charge in [0.2, 0.25) is 11.8 Å². The highest BCUT2D eigenvalue weighted by molar-refractivity contribution is 7.92. The van der Waals surface area contributed by atoms with Gasteiger partial charge < -0.3 is 19.7 Å². The zero-order valence-corrected chi connectivity index (χ0v) is 28.3. The molecule has 13 heteroatoms. The monoisotopic (exact) mass is 703 g/mol. The van der Waals surface area contributed by atoms with Crippen molar-refractivity contribution in [1.82, 2.24) is 10.2 Å². The van der Waals surface area contributed by atoms with Crippen LogP contribution < -0.4 is 19.1 Å². The van der Waals surface area contributed by atoms with Crippen LogP contribution in [0.25, 0.3) is 0 Å². The number of nitrogens with one attached hydrogen (secondary N) is 1. The summed E-state index contributed by atoms with van der Waals surface area (Å²) in [4.78, 5) is 29.0. The Labute approximate surface area is 283 Å². The minimum absolute atomic E-state index is 0.0640. The first-order chi connectivity index (χ1) is 22.0. The summed E-state index contributed by atoms with van der Waals surface area (Å²) in [6.45, 7) is -0.715. The maximum absolute atomic E-state index is 14.4. The first kappa shape index (κ1) is 34.9. The molecule has 0 saturated carbocycles. The Kier molecular flexibility index (Phi) is 11.8. The van der Waals surface area contributed by atoms with Crippen molar-refractivity contribution in [2.45, 2.75) is 23.9 Å². The molecule has 0 heterocycles. The highest BCUT2D eigenvalue weighted by Gasteiger charge is 2.34. The summed E-state index contributed by atoms with van der Waals surface area (Å²) >= 11 is 18.6. The molecule has 0 saturated heterocycles. The van der Waals surface area contributed by atoms with Crippen molar-refractivity contribution in [3.63, 3.8) is 0 Å². The molecule has 242 valence electrons. The zero-order chi connectivity index (χ0) is 33.4. The first-order valence-electron chi connectivity index (χ1n) is 14.0. The van der Waals surface area contributed by atoms with Crippen molar-refractivity contribution >= 4 is 62.3 Å². The smallest absolute Gasteiger partial charge is 0.264 e. The predicted molar refractivity (Wildman–Crippen MR) is 181 cm³/mol. The zero-order valence-electron chi connectivity index (χ0n) is 25.2. The Morgan fingerprint density at radius 2 is 1.48 bits per heavy atom. The highest BCUT2D eigenvalue weighted by Crippen LogP contribution is 2.33. The summed E-state index contributed by atoms with van der Waals surface area (Å²) in [5.74, 6) is -0.555. The molecule has 4 aromatic carbocycles. The van der Waals surface area contributed by atoms with Crippen molar-refractivity contribution in [1.29, 1.82) is 0 Å². The Balaban J connectivity index is 1.82. The summed E-state index contributed by atoms with van der Waals surface area (Å²) in [6, 6.07) is 23.3. The number of ether oxygens (including phenoxy) is 2. The van der Waals surface area contributed by atoms with Gasteiger partial charge in [0.15, 0.2) is 11.5 Å². The molecule has 0 aliphatic heterocycles. The fourth-order valence-corrected chi connectivity index (χ4v) is 6.67. The van der Waals surface area contributed by atoms with Gasteiger partial charge in [-0.25, -0.2) is 8.42 Å². The normalized spacial score (nSPS) is 11.8. The van der Waals surface area contributed by atoms with Crippen LogP contribution in [0.4, 0.5) is 5.69 Å². The van der Waals surface area contributed by atoms with Crippen molar-refractivity contribution in [3.8, 4) is 11.5 Å². The van der Waals surface area contributed by atoms with E-state index in [4.69, 9.17) is 44.3 Å². The quantitative estimate of drug-likeness (QED) is 0.177. The van der Waals surface area contributed by atoms with E-state index < -0.39 is 34.4 Å². The number of halogens is 3. The number of hydrogen-bond acceptors (Lipinski definition) is 6. The number of benzene rings is 4. The number of anilines is 1. The lowest BCUT2D eigenvalue weighted by Crippen LogP contribution is -2.53. The molecule has 1 N–H and O–H groups in total. The SMILES string of the molecule is CNC(=O)C(Cc1ccccc1)N(Cc1ccc(Cl)c(Cl)c1)C(=O)CN(c1ccc(Cl)cc1)S(=O)(=O)c1ccc(OC)c(OC)c1. The third kappa shape index (κ3) is 8.24. The second kappa shape index (κ2) is 15.6. The van der Waals surface area contributed by atoms with E-state index in [1.54, 1.807) is 18.2 Å². The van der Waals surface area contributed by atoms with Gasteiger partial charge in [-0.05, 0) is 59.7 Å². The molecule has 4 aromatic rings. The second-order valence-corrected chi connectivity index (χ2v) is 13.2. The number of nitrogens with zero attached hydrogens (tertiary/aromatic N) is 2. The Hall–Kier alpha value is -3.96. The molecule has 0 radical (unpaired) electrons. The van der Waals surface area contributed by atoms with Gasteiger partial charge in [-0.2, -0.15) is 0 Å². The van der Waals surface area contributed by atoms with Gasteiger partial charge >= 0.3 is 0 Å². The number of carbonyl (C=O) groups is 2. The van der Waals surface area contributed by atoms with Crippen molar-refractivity contribution in [2.75, 3.05) is 32.1 Å². The maximum Gasteiger partial charge on any atom is 0.264 e. The van der Waals surface area contributed by atoms with Crippen LogP contribution in [-0.2, 0) is 32.6 Å². The minimum Gasteiger partial charge on any atom is -0.493 e. The Morgan fingerprint density at radius 1 is 0.804 bits per heavy atom. The van der Waals surface area contributed by atoms with Gasteiger partial charge in [0.1, 0.15) is 12.6 Å². The van der Waals surface area contributed by atoms with Gasteiger partial charge in [0, 0.05) is 31.1 Å². The molecule has 46 heavy (non-hydrogen) atoms. The van der Waals surface area contributed by atoms with Crippen LogP contribution in [0.15, 0.2) is 95.9 Å². The van der Waals surface area contributed by atoms with Crippen molar-refractivity contribution in [2.24, 2.45) is 0 Å². The Bertz CT molecular complexity index is 1790.